The molecule has 0 amide bonds. The minimum absolute atomic E-state index is 0.104. The third-order valence-electron chi connectivity index (χ3n) is 5.21. The summed E-state index contributed by atoms with van der Waals surface area (Å²) in [6.45, 7) is 2.02. The molecule has 34 heavy (non-hydrogen) atoms. The third kappa shape index (κ3) is 4.66. The molecular formula is C23H23N3O7S. The molecular weight excluding hydrogens is 462 g/mol. The first-order valence-corrected chi connectivity index (χ1v) is 11.9. The summed E-state index contributed by atoms with van der Waals surface area (Å²) in [6.07, 6.45) is 0. The van der Waals surface area contributed by atoms with E-state index in [1.807, 2.05) is 11.5 Å². The zero-order valence-corrected chi connectivity index (χ0v) is 19.7. The second kappa shape index (κ2) is 9.27. The standard InChI is InChI=1S/C23H23N3O7S/c1-4-26-19-9-8-17(34(29,30)25(2)3)12-18(19)24-21(26)13-32-23(28)14-31-16-7-5-15-6-10-22(27)33-20(15)11-16/h5-12H,4,13-14H2,1-3H3. The van der Waals surface area contributed by atoms with E-state index in [2.05, 4.69) is 4.98 Å². The van der Waals surface area contributed by atoms with Crippen molar-refractivity contribution < 1.29 is 27.1 Å². The number of nitrogens with zero attached hydrogens (tertiary/aromatic N) is 3. The number of fused-ring (bicyclic) bond motifs is 2. The number of hydrogen-bond donors (Lipinski definition) is 0. The van der Waals surface area contributed by atoms with Crippen LogP contribution in [0.5, 0.6) is 5.75 Å². The largest absolute Gasteiger partial charge is 0.482 e. The van der Waals surface area contributed by atoms with Crippen LogP contribution in [0.25, 0.3) is 22.0 Å². The van der Waals surface area contributed by atoms with Gasteiger partial charge in [0.2, 0.25) is 10.0 Å². The van der Waals surface area contributed by atoms with Gasteiger partial charge in [0.15, 0.2) is 6.61 Å². The fraction of sp³-hybridized carbons (Fsp3) is 0.261. The molecule has 0 atom stereocenters. The maximum Gasteiger partial charge on any atom is 0.344 e. The summed E-state index contributed by atoms with van der Waals surface area (Å²) in [5.74, 6) is 0.229. The van der Waals surface area contributed by atoms with Crippen LogP contribution in [0.4, 0.5) is 0 Å². The highest BCUT2D eigenvalue weighted by Crippen LogP contribution is 2.23. The van der Waals surface area contributed by atoms with Gasteiger partial charge in [0.05, 0.1) is 15.9 Å². The number of sulfonamides is 1. The minimum Gasteiger partial charge on any atom is -0.482 e. The number of carbonyl (C=O) groups is 1. The smallest absolute Gasteiger partial charge is 0.344 e. The van der Waals surface area contributed by atoms with Gasteiger partial charge in [-0.25, -0.2) is 27.3 Å². The zero-order chi connectivity index (χ0) is 24.5. The average Bonchev–Trinajstić information content (AvgIpc) is 3.17. The number of hydrogen-bond acceptors (Lipinski definition) is 8. The first kappa shape index (κ1) is 23.5. The second-order valence-corrected chi connectivity index (χ2v) is 9.77. The molecule has 0 radical (unpaired) electrons. The van der Waals surface area contributed by atoms with E-state index in [1.165, 1.54) is 38.4 Å². The monoisotopic (exact) mass is 485 g/mol. The summed E-state index contributed by atoms with van der Waals surface area (Å²) in [4.78, 5) is 28.2. The first-order valence-electron chi connectivity index (χ1n) is 10.4. The number of ether oxygens (including phenoxy) is 2. The van der Waals surface area contributed by atoms with Gasteiger partial charge in [-0.3, -0.25) is 0 Å². The number of aromatic nitrogens is 2. The lowest BCUT2D eigenvalue weighted by atomic mass is 10.2. The van der Waals surface area contributed by atoms with Crippen LogP contribution in [-0.4, -0.2) is 48.9 Å². The molecule has 0 bridgehead atoms. The minimum atomic E-state index is -3.60. The lowest BCUT2D eigenvalue weighted by molar-refractivity contribution is -0.147. The van der Waals surface area contributed by atoms with Gasteiger partial charge in [0.1, 0.15) is 23.8 Å². The maximum absolute atomic E-state index is 12.4. The van der Waals surface area contributed by atoms with Crippen molar-refractivity contribution in [3.05, 3.63) is 64.8 Å². The molecule has 0 unspecified atom stereocenters. The Morgan fingerprint density at radius 2 is 1.88 bits per heavy atom. The summed E-state index contributed by atoms with van der Waals surface area (Å²) in [5.41, 5.74) is 1.10. The van der Waals surface area contributed by atoms with Gasteiger partial charge in [-0.1, -0.05) is 0 Å². The molecule has 0 fully saturated rings. The second-order valence-electron chi connectivity index (χ2n) is 7.61. The lowest BCUT2D eigenvalue weighted by Crippen LogP contribution is -2.22. The fourth-order valence-electron chi connectivity index (χ4n) is 3.45. The molecule has 4 aromatic rings. The molecule has 10 nitrogen and oxygen atoms in total. The van der Waals surface area contributed by atoms with Crippen LogP contribution in [-0.2, 0) is 32.7 Å². The van der Waals surface area contributed by atoms with Crippen LogP contribution in [0.2, 0.25) is 0 Å². The molecule has 11 heteroatoms. The Morgan fingerprint density at radius 1 is 1.12 bits per heavy atom. The van der Waals surface area contributed by atoms with Crippen molar-refractivity contribution in [3.8, 4) is 5.75 Å². The van der Waals surface area contributed by atoms with E-state index in [0.717, 1.165) is 15.2 Å². The maximum atomic E-state index is 12.4. The van der Waals surface area contributed by atoms with Crippen LogP contribution >= 0.6 is 0 Å². The van der Waals surface area contributed by atoms with Crippen molar-refractivity contribution in [3.63, 3.8) is 0 Å². The normalized spacial score (nSPS) is 11.9. The Balaban J connectivity index is 1.45. The van der Waals surface area contributed by atoms with E-state index in [9.17, 15) is 18.0 Å². The number of carbonyl (C=O) groups excluding carboxylic acids is 1. The van der Waals surface area contributed by atoms with Gasteiger partial charge in [-0.2, -0.15) is 0 Å². The van der Waals surface area contributed by atoms with E-state index >= 15 is 0 Å². The SMILES string of the molecule is CCn1c(COC(=O)COc2ccc3ccc(=O)oc3c2)nc2cc(S(=O)(=O)N(C)C)ccc21. The molecule has 0 aliphatic rings. The molecule has 0 aliphatic heterocycles. The molecule has 0 saturated heterocycles. The Hall–Kier alpha value is -3.70. The topological polar surface area (TPSA) is 121 Å². The number of benzene rings is 2. The summed E-state index contributed by atoms with van der Waals surface area (Å²) < 4.78 is 43.7. The van der Waals surface area contributed by atoms with Crippen LogP contribution in [0, 0.1) is 0 Å². The molecule has 0 spiro atoms. The summed E-state index contributed by atoms with van der Waals surface area (Å²) >= 11 is 0. The van der Waals surface area contributed by atoms with Crippen LogP contribution in [0.15, 0.2) is 62.6 Å². The van der Waals surface area contributed by atoms with Crippen molar-refractivity contribution in [2.45, 2.75) is 25.0 Å². The van der Waals surface area contributed by atoms with Gasteiger partial charge < -0.3 is 18.5 Å². The molecule has 4 rings (SSSR count). The summed E-state index contributed by atoms with van der Waals surface area (Å²) in [6, 6.07) is 12.6. The fourth-order valence-corrected chi connectivity index (χ4v) is 4.38. The third-order valence-corrected chi connectivity index (χ3v) is 7.02. The van der Waals surface area contributed by atoms with E-state index in [4.69, 9.17) is 13.9 Å². The Labute approximate surface area is 195 Å². The molecule has 178 valence electrons. The van der Waals surface area contributed by atoms with Gasteiger partial charge in [0, 0.05) is 38.2 Å². The van der Waals surface area contributed by atoms with Gasteiger partial charge in [-0.15, -0.1) is 0 Å². The molecule has 0 N–H and O–H groups in total. The van der Waals surface area contributed by atoms with Crippen molar-refractivity contribution in [2.75, 3.05) is 20.7 Å². The number of rotatable bonds is 8. The zero-order valence-electron chi connectivity index (χ0n) is 18.8. The van der Waals surface area contributed by atoms with Crippen molar-refractivity contribution in [1.29, 1.82) is 0 Å². The van der Waals surface area contributed by atoms with Gasteiger partial charge in [0.25, 0.3) is 0 Å². The van der Waals surface area contributed by atoms with Gasteiger partial charge in [-0.05, 0) is 43.3 Å². The predicted molar refractivity (Wildman–Crippen MR) is 124 cm³/mol. The van der Waals surface area contributed by atoms with E-state index in [1.54, 1.807) is 24.3 Å². The quantitative estimate of drug-likeness (QED) is 0.276. The number of aryl methyl sites for hydroxylation is 1. The van der Waals surface area contributed by atoms with Crippen molar-refractivity contribution >= 4 is 38.0 Å². The molecule has 2 heterocycles. The van der Waals surface area contributed by atoms with Crippen molar-refractivity contribution in [1.82, 2.24) is 13.9 Å². The van der Waals surface area contributed by atoms with E-state index < -0.39 is 21.6 Å². The van der Waals surface area contributed by atoms with Crippen LogP contribution in [0.1, 0.15) is 12.7 Å². The molecule has 0 saturated carbocycles. The van der Waals surface area contributed by atoms with E-state index in [0.29, 0.717) is 29.2 Å². The lowest BCUT2D eigenvalue weighted by Gasteiger charge is -2.11. The predicted octanol–water partition coefficient (Wildman–Crippen LogP) is 2.54. The van der Waals surface area contributed by atoms with Gasteiger partial charge >= 0.3 is 11.6 Å². The highest BCUT2D eigenvalue weighted by molar-refractivity contribution is 7.89. The van der Waals surface area contributed by atoms with Crippen LogP contribution < -0.4 is 10.4 Å². The summed E-state index contributed by atoms with van der Waals surface area (Å²) in [7, 11) is -0.670. The molecule has 2 aromatic heterocycles. The summed E-state index contributed by atoms with van der Waals surface area (Å²) in [5, 5.41) is 0.731. The number of esters is 1. The Morgan fingerprint density at radius 3 is 2.62 bits per heavy atom. The van der Waals surface area contributed by atoms with Crippen LogP contribution in [0.3, 0.4) is 0 Å². The van der Waals surface area contributed by atoms with E-state index in [-0.39, 0.29) is 18.1 Å². The highest BCUT2D eigenvalue weighted by Gasteiger charge is 2.20. The highest BCUT2D eigenvalue weighted by atomic mass is 32.2. The Bertz CT molecular complexity index is 1540. The number of imidazole rings is 1. The Kier molecular flexibility index (Phi) is 6.40. The van der Waals surface area contributed by atoms with Crippen molar-refractivity contribution in [2.24, 2.45) is 0 Å². The molecule has 2 aromatic carbocycles. The molecule has 0 aliphatic carbocycles. The first-order chi connectivity index (χ1) is 16.2. The average molecular weight is 486 g/mol.